The van der Waals surface area contributed by atoms with Crippen LogP contribution in [0.3, 0.4) is 0 Å². The summed E-state index contributed by atoms with van der Waals surface area (Å²) in [6, 6.07) is 4.09. The van der Waals surface area contributed by atoms with Crippen LogP contribution in [0.1, 0.15) is 76.0 Å². The molecular formula is C16H28N4O2S. The predicted molar refractivity (Wildman–Crippen MR) is 92.0 cm³/mol. The topological polar surface area (TPSA) is 73.5 Å². The Morgan fingerprint density at radius 1 is 0.957 bits per heavy atom. The fraction of sp³-hybridized carbons (Fsp3) is 0.625. The lowest BCUT2D eigenvalue weighted by Crippen LogP contribution is -2.41. The number of nitrogens with zero attached hydrogens (tertiary/aromatic N) is 1. The number of hydrogen-bond donors (Lipinski definition) is 3. The summed E-state index contributed by atoms with van der Waals surface area (Å²) in [4.78, 5) is 0.435. The Balaban J connectivity index is 2.73. The summed E-state index contributed by atoms with van der Waals surface area (Å²) in [6.45, 7) is 12.6. The summed E-state index contributed by atoms with van der Waals surface area (Å²) >= 11 is 0. The van der Waals surface area contributed by atoms with Crippen molar-refractivity contribution in [3.63, 3.8) is 0 Å². The van der Waals surface area contributed by atoms with E-state index in [1.54, 1.807) is 0 Å². The lowest BCUT2D eigenvalue weighted by Gasteiger charge is -2.25. The van der Waals surface area contributed by atoms with Gasteiger partial charge < -0.3 is 0 Å². The molecule has 0 aromatic heterocycles. The molecule has 23 heavy (non-hydrogen) atoms. The smallest absolute Gasteiger partial charge is 0.226 e. The lowest BCUT2D eigenvalue weighted by atomic mass is 9.89. The van der Waals surface area contributed by atoms with E-state index in [0.29, 0.717) is 10.8 Å². The third-order valence-electron chi connectivity index (χ3n) is 4.12. The Morgan fingerprint density at radius 3 is 1.83 bits per heavy atom. The van der Waals surface area contributed by atoms with Gasteiger partial charge in [0.05, 0.1) is 11.6 Å². The van der Waals surface area contributed by atoms with Crippen molar-refractivity contribution in [1.82, 2.24) is 20.9 Å². The molecule has 6 nitrogen and oxygen atoms in total. The summed E-state index contributed by atoms with van der Waals surface area (Å²) in [5.74, 6) is 0.606. The molecule has 0 aliphatic carbocycles. The molecule has 2 rings (SSSR count). The first-order valence-electron chi connectivity index (χ1n) is 8.10. The molecule has 130 valence electrons. The molecule has 1 aromatic carbocycles. The number of hydrogen-bond acceptors (Lipinski definition) is 5. The maximum Gasteiger partial charge on any atom is 0.258 e. The van der Waals surface area contributed by atoms with Crippen LogP contribution in [0.2, 0.25) is 0 Å². The average molecular weight is 340 g/mol. The van der Waals surface area contributed by atoms with Crippen molar-refractivity contribution >= 4 is 10.0 Å². The molecule has 0 unspecified atom stereocenters. The van der Waals surface area contributed by atoms with Gasteiger partial charge in [0.2, 0.25) is 0 Å². The zero-order valence-corrected chi connectivity index (χ0v) is 15.6. The van der Waals surface area contributed by atoms with Crippen LogP contribution in [-0.2, 0) is 10.0 Å². The first-order chi connectivity index (χ1) is 10.7. The number of nitrogens with one attached hydrogen (secondary N) is 3. The fourth-order valence-corrected chi connectivity index (χ4v) is 4.50. The van der Waals surface area contributed by atoms with Crippen molar-refractivity contribution in [2.75, 3.05) is 6.67 Å². The Hall–Kier alpha value is -0.990. The van der Waals surface area contributed by atoms with Crippen LogP contribution >= 0.6 is 0 Å². The molecule has 1 aliphatic heterocycles. The van der Waals surface area contributed by atoms with E-state index in [2.05, 4.69) is 30.3 Å². The van der Waals surface area contributed by atoms with Gasteiger partial charge in [-0.2, -0.15) is 11.1 Å². The van der Waals surface area contributed by atoms with Crippen molar-refractivity contribution in [3.05, 3.63) is 28.8 Å². The van der Waals surface area contributed by atoms with E-state index in [4.69, 9.17) is 0 Å². The molecule has 0 amide bonds. The Labute approximate surface area is 139 Å². The summed E-state index contributed by atoms with van der Waals surface area (Å²) in [7, 11) is -3.64. The standard InChI is InChI=1S/C16H28N4O2S/c1-10(2)13-7-14(11(3)4)16(15(8-13)12(5)6)23(21,22)20-9-17-18-19-20/h7-8,10-12,17-19H,9H2,1-6H3. The SMILES string of the molecule is CC(C)c1cc(C(C)C)c(S(=O)(=O)N2CNNN2)c(C(C)C)c1. The minimum Gasteiger partial charge on any atom is -0.226 e. The number of rotatable bonds is 5. The molecule has 0 saturated carbocycles. The van der Waals surface area contributed by atoms with Crippen molar-refractivity contribution in [1.29, 1.82) is 0 Å². The zero-order chi connectivity index (χ0) is 17.4. The molecule has 1 fully saturated rings. The van der Waals surface area contributed by atoms with Gasteiger partial charge in [0.1, 0.15) is 0 Å². The Morgan fingerprint density at radius 2 is 1.48 bits per heavy atom. The van der Waals surface area contributed by atoms with Crippen LogP contribution in [0.25, 0.3) is 0 Å². The quantitative estimate of drug-likeness (QED) is 0.768. The van der Waals surface area contributed by atoms with E-state index >= 15 is 0 Å². The average Bonchev–Trinajstić information content (AvgIpc) is 3.00. The van der Waals surface area contributed by atoms with Crippen LogP contribution in [0, 0.1) is 0 Å². The van der Waals surface area contributed by atoms with Gasteiger partial charge in [-0.25, -0.2) is 13.8 Å². The highest BCUT2D eigenvalue weighted by molar-refractivity contribution is 7.89. The summed E-state index contributed by atoms with van der Waals surface area (Å²) in [5, 5.41) is 0. The second-order valence-electron chi connectivity index (χ2n) is 6.92. The molecule has 1 heterocycles. The normalized spacial score (nSPS) is 16.9. The number of hydrazine groups is 3. The minimum atomic E-state index is -3.64. The lowest BCUT2D eigenvalue weighted by molar-refractivity contribution is 0.368. The van der Waals surface area contributed by atoms with E-state index < -0.39 is 10.0 Å². The molecule has 3 N–H and O–H groups in total. The van der Waals surface area contributed by atoms with Gasteiger partial charge in [0.15, 0.2) is 0 Å². The highest BCUT2D eigenvalue weighted by Crippen LogP contribution is 2.36. The van der Waals surface area contributed by atoms with Gasteiger partial charge >= 0.3 is 0 Å². The van der Waals surface area contributed by atoms with Crippen LogP contribution in [0.15, 0.2) is 17.0 Å². The van der Waals surface area contributed by atoms with Crippen molar-refractivity contribution in [2.45, 2.75) is 64.2 Å². The van der Waals surface area contributed by atoms with Gasteiger partial charge in [-0.05, 0) is 34.4 Å². The van der Waals surface area contributed by atoms with Crippen LogP contribution in [0.4, 0.5) is 0 Å². The highest BCUT2D eigenvalue weighted by Gasteiger charge is 2.33. The van der Waals surface area contributed by atoms with Gasteiger partial charge in [-0.15, -0.1) is 4.41 Å². The number of sulfonamides is 1. The first-order valence-corrected chi connectivity index (χ1v) is 9.54. The molecule has 0 atom stereocenters. The Bertz CT molecular complexity index is 634. The monoisotopic (exact) mass is 340 g/mol. The second kappa shape index (κ2) is 6.86. The van der Waals surface area contributed by atoms with Gasteiger partial charge in [-0.1, -0.05) is 53.7 Å². The van der Waals surface area contributed by atoms with Crippen LogP contribution in [-0.4, -0.2) is 19.5 Å². The molecule has 0 bridgehead atoms. The molecule has 0 spiro atoms. The van der Waals surface area contributed by atoms with Crippen molar-refractivity contribution < 1.29 is 8.42 Å². The third kappa shape index (κ3) is 3.59. The van der Waals surface area contributed by atoms with Gasteiger partial charge in [0.25, 0.3) is 10.0 Å². The maximum absolute atomic E-state index is 13.1. The molecular weight excluding hydrogens is 312 g/mol. The van der Waals surface area contributed by atoms with E-state index in [0.717, 1.165) is 11.1 Å². The fourth-order valence-electron chi connectivity index (χ4n) is 2.70. The van der Waals surface area contributed by atoms with E-state index in [1.807, 2.05) is 39.8 Å². The molecule has 7 heteroatoms. The molecule has 1 saturated heterocycles. The van der Waals surface area contributed by atoms with E-state index in [9.17, 15) is 8.42 Å². The number of benzene rings is 1. The molecule has 0 radical (unpaired) electrons. The van der Waals surface area contributed by atoms with Crippen LogP contribution < -0.4 is 16.5 Å². The van der Waals surface area contributed by atoms with Gasteiger partial charge in [-0.3, -0.25) is 0 Å². The van der Waals surface area contributed by atoms with E-state index in [1.165, 1.54) is 9.98 Å². The summed E-state index contributed by atoms with van der Waals surface area (Å²) < 4.78 is 27.5. The predicted octanol–water partition coefficient (Wildman–Crippen LogP) is 2.53. The van der Waals surface area contributed by atoms with Crippen molar-refractivity contribution in [3.8, 4) is 0 Å². The van der Waals surface area contributed by atoms with Gasteiger partial charge in [0, 0.05) is 0 Å². The largest absolute Gasteiger partial charge is 0.258 e. The third-order valence-corrected chi connectivity index (χ3v) is 5.91. The molecule has 1 aliphatic rings. The zero-order valence-electron chi connectivity index (χ0n) is 14.8. The molecule has 1 aromatic rings. The highest BCUT2D eigenvalue weighted by atomic mass is 32.2. The summed E-state index contributed by atoms with van der Waals surface area (Å²) in [6.07, 6.45) is 0. The van der Waals surface area contributed by atoms with Crippen molar-refractivity contribution in [2.24, 2.45) is 0 Å². The minimum absolute atomic E-state index is 0.125. The summed E-state index contributed by atoms with van der Waals surface area (Å²) in [5.41, 5.74) is 11.0. The van der Waals surface area contributed by atoms with E-state index in [-0.39, 0.29) is 18.5 Å². The maximum atomic E-state index is 13.1. The first kappa shape index (κ1) is 18.4. The Kier molecular flexibility index (Phi) is 5.48. The van der Waals surface area contributed by atoms with Crippen LogP contribution in [0.5, 0.6) is 0 Å². The second-order valence-corrected chi connectivity index (χ2v) is 8.72.